The second-order valence-electron chi connectivity index (χ2n) is 8.11. The highest BCUT2D eigenvalue weighted by atomic mass is 16.5. The van der Waals surface area contributed by atoms with E-state index in [0.29, 0.717) is 23.9 Å². The summed E-state index contributed by atoms with van der Waals surface area (Å²) >= 11 is 0. The Morgan fingerprint density at radius 1 is 1.36 bits per heavy atom. The van der Waals surface area contributed by atoms with Crippen molar-refractivity contribution in [3.8, 4) is 0 Å². The molecule has 28 heavy (non-hydrogen) atoms. The second kappa shape index (κ2) is 6.81. The first-order valence-corrected chi connectivity index (χ1v) is 10.1. The van der Waals surface area contributed by atoms with Crippen LogP contribution in [0.4, 0.5) is 5.95 Å². The van der Waals surface area contributed by atoms with Crippen LogP contribution in [-0.4, -0.2) is 52.2 Å². The standard InChI is InChI=1S/C21H25N5O2/c1-2-14-8-24-20(25-9-14)26-12-17-16(18-5-6-21(17,13-26)28-18)11-23-19(27)15-4-3-7-22-10-15/h3-4,7-10,16-18H,2,5-6,11-13H2,1H3,(H,23,27)/t16-,17+,18+,21+/m0/s1. The van der Waals surface area contributed by atoms with Crippen LogP contribution in [0.25, 0.3) is 0 Å². The zero-order valence-electron chi connectivity index (χ0n) is 16.0. The molecule has 0 aromatic carbocycles. The van der Waals surface area contributed by atoms with Crippen molar-refractivity contribution < 1.29 is 9.53 Å². The monoisotopic (exact) mass is 379 g/mol. The minimum atomic E-state index is -0.110. The summed E-state index contributed by atoms with van der Waals surface area (Å²) in [7, 11) is 0. The molecule has 2 bridgehead atoms. The van der Waals surface area contributed by atoms with Crippen LogP contribution < -0.4 is 10.2 Å². The Morgan fingerprint density at radius 3 is 2.96 bits per heavy atom. The van der Waals surface area contributed by atoms with Crippen molar-refractivity contribution in [3.05, 3.63) is 48.0 Å². The van der Waals surface area contributed by atoms with E-state index in [-0.39, 0.29) is 17.6 Å². The molecule has 1 amide bonds. The quantitative estimate of drug-likeness (QED) is 0.854. The predicted molar refractivity (Wildman–Crippen MR) is 104 cm³/mol. The van der Waals surface area contributed by atoms with Crippen molar-refractivity contribution in [2.24, 2.45) is 11.8 Å². The second-order valence-corrected chi connectivity index (χ2v) is 8.11. The number of amides is 1. The molecule has 0 saturated carbocycles. The van der Waals surface area contributed by atoms with Gasteiger partial charge in [0.2, 0.25) is 5.95 Å². The zero-order chi connectivity index (χ0) is 19.1. The Morgan fingerprint density at radius 2 is 2.21 bits per heavy atom. The van der Waals surface area contributed by atoms with E-state index in [1.54, 1.807) is 24.5 Å². The number of nitrogens with one attached hydrogen (secondary N) is 1. The lowest BCUT2D eigenvalue weighted by molar-refractivity contribution is 0.0141. The van der Waals surface area contributed by atoms with Crippen LogP contribution in [0, 0.1) is 11.8 Å². The highest BCUT2D eigenvalue weighted by Crippen LogP contribution is 2.54. The Hall–Kier alpha value is -2.54. The van der Waals surface area contributed by atoms with Gasteiger partial charge in [-0.1, -0.05) is 6.92 Å². The van der Waals surface area contributed by atoms with Gasteiger partial charge >= 0.3 is 0 Å². The van der Waals surface area contributed by atoms with Gasteiger partial charge in [-0.15, -0.1) is 0 Å². The third-order valence-corrected chi connectivity index (χ3v) is 6.59. The molecule has 3 aliphatic rings. The fourth-order valence-corrected chi connectivity index (χ4v) is 5.12. The van der Waals surface area contributed by atoms with Crippen LogP contribution in [0.2, 0.25) is 0 Å². The number of fused-ring (bicyclic) bond motifs is 1. The van der Waals surface area contributed by atoms with Crippen molar-refractivity contribution in [2.45, 2.75) is 37.9 Å². The third-order valence-electron chi connectivity index (χ3n) is 6.59. The number of aromatic nitrogens is 3. The van der Waals surface area contributed by atoms with Gasteiger partial charge in [-0.05, 0) is 37.0 Å². The van der Waals surface area contributed by atoms with E-state index in [2.05, 4.69) is 32.1 Å². The first-order valence-electron chi connectivity index (χ1n) is 10.1. The average molecular weight is 379 g/mol. The lowest BCUT2D eigenvalue weighted by Gasteiger charge is -2.29. The maximum atomic E-state index is 12.4. The van der Waals surface area contributed by atoms with E-state index < -0.39 is 0 Å². The van der Waals surface area contributed by atoms with Crippen molar-refractivity contribution in [3.63, 3.8) is 0 Å². The highest BCUT2D eigenvalue weighted by Gasteiger charge is 2.63. The van der Waals surface area contributed by atoms with E-state index in [9.17, 15) is 4.79 Å². The highest BCUT2D eigenvalue weighted by molar-refractivity contribution is 5.93. The molecule has 2 aromatic rings. The summed E-state index contributed by atoms with van der Waals surface area (Å²) in [4.78, 5) is 27.8. The van der Waals surface area contributed by atoms with Crippen LogP contribution in [0.15, 0.2) is 36.9 Å². The molecule has 0 unspecified atom stereocenters. The minimum absolute atomic E-state index is 0.0711. The van der Waals surface area contributed by atoms with Crippen molar-refractivity contribution in [1.29, 1.82) is 0 Å². The number of hydrogen-bond donors (Lipinski definition) is 1. The van der Waals surface area contributed by atoms with Crippen LogP contribution >= 0.6 is 0 Å². The third kappa shape index (κ3) is 2.85. The van der Waals surface area contributed by atoms with Gasteiger partial charge in [0, 0.05) is 49.7 Å². The Bertz CT molecular complexity index is 859. The predicted octanol–water partition coefficient (Wildman–Crippen LogP) is 1.85. The summed E-state index contributed by atoms with van der Waals surface area (Å²) in [5.41, 5.74) is 1.63. The molecule has 5 rings (SSSR count). The first-order chi connectivity index (χ1) is 13.7. The summed E-state index contributed by atoms with van der Waals surface area (Å²) in [5.74, 6) is 1.44. The molecular weight excluding hydrogens is 354 g/mol. The molecule has 7 nitrogen and oxygen atoms in total. The number of rotatable bonds is 5. The molecule has 1 spiro atoms. The maximum Gasteiger partial charge on any atom is 0.252 e. The molecule has 7 heteroatoms. The van der Waals surface area contributed by atoms with E-state index >= 15 is 0 Å². The molecule has 3 fully saturated rings. The number of nitrogens with zero attached hydrogens (tertiary/aromatic N) is 4. The van der Waals surface area contributed by atoms with Gasteiger partial charge in [0.15, 0.2) is 0 Å². The van der Waals surface area contributed by atoms with Gasteiger partial charge in [-0.3, -0.25) is 9.78 Å². The first kappa shape index (κ1) is 17.6. The number of ether oxygens (including phenoxy) is 1. The minimum Gasteiger partial charge on any atom is -0.369 e. The topological polar surface area (TPSA) is 80.2 Å². The SMILES string of the molecule is CCc1cnc(N2C[C@@H]3[C@H](CNC(=O)c4cccnc4)[C@H]4CC[C@]3(C2)O4)nc1. The Labute approximate surface area is 164 Å². The summed E-state index contributed by atoms with van der Waals surface area (Å²) in [5, 5.41) is 3.10. The number of carbonyl (C=O) groups is 1. The summed E-state index contributed by atoms with van der Waals surface area (Å²) in [6.45, 7) is 4.46. The van der Waals surface area contributed by atoms with Gasteiger partial charge in [-0.25, -0.2) is 9.97 Å². The molecule has 1 N–H and O–H groups in total. The van der Waals surface area contributed by atoms with Gasteiger partial charge < -0.3 is 15.0 Å². The summed E-state index contributed by atoms with van der Waals surface area (Å²) in [6.07, 6.45) is 10.4. The Kier molecular flexibility index (Phi) is 4.27. The van der Waals surface area contributed by atoms with E-state index in [1.165, 1.54) is 0 Å². The lowest BCUT2D eigenvalue weighted by atomic mass is 9.73. The number of anilines is 1. The largest absolute Gasteiger partial charge is 0.369 e. The normalized spacial score (nSPS) is 30.5. The molecule has 3 aliphatic heterocycles. The van der Waals surface area contributed by atoms with Gasteiger partial charge in [-0.2, -0.15) is 0 Å². The fraction of sp³-hybridized carbons (Fsp3) is 0.524. The number of aryl methyl sites for hydroxylation is 1. The van der Waals surface area contributed by atoms with Gasteiger partial charge in [0.1, 0.15) is 0 Å². The van der Waals surface area contributed by atoms with E-state index in [0.717, 1.165) is 43.9 Å². The maximum absolute atomic E-state index is 12.4. The van der Waals surface area contributed by atoms with Crippen molar-refractivity contribution >= 4 is 11.9 Å². The molecule has 4 atom stereocenters. The fourth-order valence-electron chi connectivity index (χ4n) is 5.12. The molecule has 3 saturated heterocycles. The number of pyridine rings is 1. The molecule has 2 aromatic heterocycles. The van der Waals surface area contributed by atoms with Crippen LogP contribution in [0.1, 0.15) is 35.7 Å². The molecule has 0 aliphatic carbocycles. The van der Waals surface area contributed by atoms with Gasteiger partial charge in [0.05, 0.1) is 23.8 Å². The van der Waals surface area contributed by atoms with Crippen molar-refractivity contribution in [2.75, 3.05) is 24.5 Å². The van der Waals surface area contributed by atoms with Crippen molar-refractivity contribution in [1.82, 2.24) is 20.3 Å². The van der Waals surface area contributed by atoms with Crippen LogP contribution in [0.3, 0.4) is 0 Å². The lowest BCUT2D eigenvalue weighted by Crippen LogP contribution is -2.41. The molecule has 0 radical (unpaired) electrons. The number of hydrogen-bond acceptors (Lipinski definition) is 6. The van der Waals surface area contributed by atoms with E-state index in [4.69, 9.17) is 4.74 Å². The van der Waals surface area contributed by atoms with Crippen LogP contribution in [-0.2, 0) is 11.2 Å². The summed E-state index contributed by atoms with van der Waals surface area (Å²) < 4.78 is 6.47. The molecular formula is C21H25N5O2. The number of carbonyl (C=O) groups excluding carboxylic acids is 1. The zero-order valence-corrected chi connectivity index (χ0v) is 16.0. The Balaban J connectivity index is 1.28. The van der Waals surface area contributed by atoms with E-state index in [1.807, 2.05) is 12.4 Å². The average Bonchev–Trinajstić information content (AvgIpc) is 3.41. The van der Waals surface area contributed by atoms with Gasteiger partial charge in [0.25, 0.3) is 5.91 Å². The molecule has 5 heterocycles. The molecule has 146 valence electrons. The van der Waals surface area contributed by atoms with Crippen LogP contribution in [0.5, 0.6) is 0 Å². The summed E-state index contributed by atoms with van der Waals surface area (Å²) in [6, 6.07) is 3.57. The smallest absolute Gasteiger partial charge is 0.252 e.